The largest absolute Gasteiger partial charge is 0.485 e. The number of halogens is 3. The molecule has 0 fully saturated rings. The Bertz CT molecular complexity index is 521. The molecule has 0 aliphatic heterocycles. The van der Waals surface area contributed by atoms with Crippen molar-refractivity contribution in [2.75, 3.05) is 20.8 Å². The van der Waals surface area contributed by atoms with Gasteiger partial charge >= 0.3 is 13.8 Å². The van der Waals surface area contributed by atoms with Crippen molar-refractivity contribution < 1.29 is 36.3 Å². The standard InChI is InChI=1S/C11H12F3O5P/c1-17-20(16,18-2)10(15)7-19-9-5-3-4-8(6-9)11(12,13)14/h3-6H,7H2,1-2H3. The smallest absolute Gasteiger partial charge is 0.416 e. The molecule has 9 heteroatoms. The van der Waals surface area contributed by atoms with Crippen LogP contribution in [0.15, 0.2) is 24.3 Å². The van der Waals surface area contributed by atoms with E-state index in [0.29, 0.717) is 0 Å². The molecular formula is C11H12F3O5P. The molecule has 0 atom stereocenters. The highest BCUT2D eigenvalue weighted by atomic mass is 31.2. The Balaban J connectivity index is 2.76. The number of alkyl halides is 3. The van der Waals surface area contributed by atoms with E-state index in [1.54, 1.807) is 0 Å². The van der Waals surface area contributed by atoms with Gasteiger partial charge in [-0.25, -0.2) is 0 Å². The predicted octanol–water partition coefficient (Wildman–Crippen LogP) is 3.10. The molecule has 0 aromatic heterocycles. The van der Waals surface area contributed by atoms with E-state index >= 15 is 0 Å². The van der Waals surface area contributed by atoms with Gasteiger partial charge in [-0.1, -0.05) is 6.07 Å². The second kappa shape index (κ2) is 6.39. The van der Waals surface area contributed by atoms with E-state index in [4.69, 9.17) is 4.74 Å². The molecule has 0 aliphatic carbocycles. The molecule has 0 heterocycles. The molecule has 1 rings (SSSR count). The lowest BCUT2D eigenvalue weighted by molar-refractivity contribution is -0.137. The topological polar surface area (TPSA) is 61.8 Å². The van der Waals surface area contributed by atoms with Crippen molar-refractivity contribution in [3.8, 4) is 5.75 Å². The summed E-state index contributed by atoms with van der Waals surface area (Å²) in [5.74, 6) is -0.174. The highest BCUT2D eigenvalue weighted by molar-refractivity contribution is 7.71. The average molecular weight is 312 g/mol. The minimum atomic E-state index is -4.52. The molecule has 1 aromatic rings. The van der Waals surface area contributed by atoms with Crippen molar-refractivity contribution in [3.05, 3.63) is 29.8 Å². The zero-order valence-electron chi connectivity index (χ0n) is 10.6. The number of carbonyl (C=O) groups excluding carboxylic acids is 1. The van der Waals surface area contributed by atoms with Crippen molar-refractivity contribution in [2.45, 2.75) is 6.18 Å². The van der Waals surface area contributed by atoms with Gasteiger partial charge in [0.15, 0.2) is 6.61 Å². The van der Waals surface area contributed by atoms with Gasteiger partial charge in [-0.05, 0) is 18.2 Å². The fourth-order valence-corrected chi connectivity index (χ4v) is 2.04. The van der Waals surface area contributed by atoms with E-state index in [1.165, 1.54) is 6.07 Å². The van der Waals surface area contributed by atoms with Gasteiger partial charge in [0.05, 0.1) is 5.56 Å². The molecule has 20 heavy (non-hydrogen) atoms. The van der Waals surface area contributed by atoms with E-state index < -0.39 is 31.5 Å². The van der Waals surface area contributed by atoms with E-state index in [0.717, 1.165) is 32.4 Å². The van der Waals surface area contributed by atoms with Gasteiger partial charge < -0.3 is 13.8 Å². The van der Waals surface area contributed by atoms with Gasteiger partial charge in [0, 0.05) is 14.2 Å². The van der Waals surface area contributed by atoms with Crippen LogP contribution in [-0.2, 0) is 24.6 Å². The van der Waals surface area contributed by atoms with Gasteiger partial charge in [-0.2, -0.15) is 13.2 Å². The van der Waals surface area contributed by atoms with Crippen molar-refractivity contribution in [1.29, 1.82) is 0 Å². The van der Waals surface area contributed by atoms with Crippen LogP contribution in [0.5, 0.6) is 5.75 Å². The van der Waals surface area contributed by atoms with Crippen LogP contribution < -0.4 is 4.74 Å². The first-order chi connectivity index (χ1) is 9.23. The molecule has 0 spiro atoms. The lowest BCUT2D eigenvalue weighted by Gasteiger charge is -2.13. The molecule has 112 valence electrons. The molecule has 0 unspecified atom stereocenters. The first kappa shape index (κ1) is 16.7. The molecule has 0 N–H and O–H groups in total. The lowest BCUT2D eigenvalue weighted by atomic mass is 10.2. The monoisotopic (exact) mass is 312 g/mol. The quantitative estimate of drug-likeness (QED) is 0.755. The zero-order valence-corrected chi connectivity index (χ0v) is 11.5. The number of hydrogen-bond acceptors (Lipinski definition) is 5. The Morgan fingerprint density at radius 3 is 2.35 bits per heavy atom. The average Bonchev–Trinajstić information content (AvgIpc) is 2.43. The summed E-state index contributed by atoms with van der Waals surface area (Å²) in [6.45, 7) is -0.722. The number of hydrogen-bond donors (Lipinski definition) is 0. The van der Waals surface area contributed by atoms with E-state index in [2.05, 4.69) is 9.05 Å². The second-order valence-electron chi connectivity index (χ2n) is 3.57. The minimum absolute atomic E-state index is 0.174. The van der Waals surface area contributed by atoms with Gasteiger partial charge in [0.2, 0.25) is 0 Å². The summed E-state index contributed by atoms with van der Waals surface area (Å²) in [4.78, 5) is 11.5. The van der Waals surface area contributed by atoms with Gasteiger partial charge in [-0.15, -0.1) is 0 Å². The first-order valence-electron chi connectivity index (χ1n) is 5.28. The molecule has 0 saturated carbocycles. The molecular weight excluding hydrogens is 300 g/mol. The first-order valence-corrected chi connectivity index (χ1v) is 6.82. The third kappa shape index (κ3) is 4.06. The molecule has 0 saturated heterocycles. The van der Waals surface area contributed by atoms with Gasteiger partial charge in [-0.3, -0.25) is 9.36 Å². The normalized spacial score (nSPS) is 12.2. The molecule has 5 nitrogen and oxygen atoms in total. The number of rotatable bonds is 6. The highest BCUT2D eigenvalue weighted by Crippen LogP contribution is 2.47. The summed E-state index contributed by atoms with van der Waals surface area (Å²) in [6.07, 6.45) is -4.52. The summed E-state index contributed by atoms with van der Waals surface area (Å²) < 4.78 is 62.8. The summed E-state index contributed by atoms with van der Waals surface area (Å²) in [5.41, 5.74) is -1.90. The lowest BCUT2D eigenvalue weighted by Crippen LogP contribution is -2.14. The van der Waals surface area contributed by atoms with Crippen molar-refractivity contribution in [1.82, 2.24) is 0 Å². The molecule has 0 radical (unpaired) electrons. The number of benzene rings is 1. The third-order valence-corrected chi connectivity index (χ3v) is 4.01. The van der Waals surface area contributed by atoms with E-state index in [-0.39, 0.29) is 5.75 Å². The van der Waals surface area contributed by atoms with Crippen LogP contribution in [0.3, 0.4) is 0 Å². The summed E-state index contributed by atoms with van der Waals surface area (Å²) >= 11 is 0. The van der Waals surface area contributed by atoms with E-state index in [9.17, 15) is 22.5 Å². The Labute approximate surface area is 113 Å². The van der Waals surface area contributed by atoms with Crippen LogP contribution in [0.25, 0.3) is 0 Å². The summed E-state index contributed by atoms with van der Waals surface area (Å²) in [7, 11) is -1.90. The molecule has 0 bridgehead atoms. The van der Waals surface area contributed by atoms with Crippen LogP contribution in [0.2, 0.25) is 0 Å². The SMILES string of the molecule is COP(=O)(OC)C(=O)COc1cccc(C(F)(F)F)c1. The molecule has 1 aromatic carbocycles. The summed E-state index contributed by atoms with van der Waals surface area (Å²) in [6, 6.07) is 3.98. The van der Waals surface area contributed by atoms with Crippen LogP contribution in [-0.4, -0.2) is 26.4 Å². The third-order valence-electron chi connectivity index (χ3n) is 2.31. The van der Waals surface area contributed by atoms with Crippen LogP contribution >= 0.6 is 7.60 Å². The van der Waals surface area contributed by atoms with Crippen LogP contribution in [0.1, 0.15) is 5.56 Å². The zero-order chi connectivity index (χ0) is 15.4. The number of ether oxygens (including phenoxy) is 1. The Kier molecular flexibility index (Phi) is 5.33. The molecule has 0 aliphatic rings. The Morgan fingerprint density at radius 1 is 1.25 bits per heavy atom. The van der Waals surface area contributed by atoms with Crippen LogP contribution in [0, 0.1) is 0 Å². The highest BCUT2D eigenvalue weighted by Gasteiger charge is 2.33. The van der Waals surface area contributed by atoms with Crippen molar-refractivity contribution in [3.63, 3.8) is 0 Å². The molecule has 0 amide bonds. The summed E-state index contributed by atoms with van der Waals surface area (Å²) in [5, 5.41) is 0. The maximum absolute atomic E-state index is 12.5. The Morgan fingerprint density at radius 2 is 1.85 bits per heavy atom. The van der Waals surface area contributed by atoms with Gasteiger partial charge in [0.1, 0.15) is 5.75 Å². The fourth-order valence-electron chi connectivity index (χ4n) is 1.26. The maximum atomic E-state index is 12.5. The van der Waals surface area contributed by atoms with Crippen LogP contribution in [0.4, 0.5) is 13.2 Å². The minimum Gasteiger partial charge on any atom is -0.485 e. The fraction of sp³-hybridized carbons (Fsp3) is 0.364. The van der Waals surface area contributed by atoms with E-state index in [1.807, 2.05) is 0 Å². The second-order valence-corrected chi connectivity index (χ2v) is 5.79. The number of carbonyl (C=O) groups is 1. The maximum Gasteiger partial charge on any atom is 0.416 e. The van der Waals surface area contributed by atoms with Crippen molar-refractivity contribution >= 4 is 13.1 Å². The predicted molar refractivity (Wildman–Crippen MR) is 63.6 cm³/mol. The Hall–Kier alpha value is -1.37. The van der Waals surface area contributed by atoms with Crippen molar-refractivity contribution in [2.24, 2.45) is 0 Å². The van der Waals surface area contributed by atoms with Gasteiger partial charge in [0.25, 0.3) is 5.52 Å².